The van der Waals surface area contributed by atoms with Crippen molar-refractivity contribution in [3.63, 3.8) is 0 Å². The number of nitro groups is 1. The lowest BCUT2D eigenvalue weighted by atomic mass is 9.95. The highest BCUT2D eigenvalue weighted by Gasteiger charge is 2.39. The van der Waals surface area contributed by atoms with Crippen molar-refractivity contribution in [3.8, 4) is 5.75 Å². The lowest BCUT2D eigenvalue weighted by molar-refractivity contribution is -0.384. The summed E-state index contributed by atoms with van der Waals surface area (Å²) in [6.07, 6.45) is -0.551. The average Bonchev–Trinajstić information content (AvgIpc) is 3.69. The van der Waals surface area contributed by atoms with E-state index in [0.29, 0.717) is 65.0 Å². The van der Waals surface area contributed by atoms with Gasteiger partial charge in [-0.05, 0) is 31.7 Å². The molecule has 1 saturated heterocycles. The molecular weight excluding hydrogens is 582 g/mol. The normalized spacial score (nSPS) is 17.0. The third-order valence-corrected chi connectivity index (χ3v) is 8.42. The van der Waals surface area contributed by atoms with Gasteiger partial charge in [-0.3, -0.25) is 14.9 Å². The van der Waals surface area contributed by atoms with Gasteiger partial charge in [0.25, 0.3) is 11.6 Å². The Bertz CT molecular complexity index is 1810. The summed E-state index contributed by atoms with van der Waals surface area (Å²) in [5.74, 6) is -1.26. The molecule has 0 radical (unpaired) electrons. The fraction of sp³-hybridized carbons (Fsp3) is 0.345. The summed E-state index contributed by atoms with van der Waals surface area (Å²) in [5.41, 5.74) is 2.40. The maximum absolute atomic E-state index is 13.9. The SMILES string of the molecule is COC(=O)c1c(C)[nH]c2c(OC(=O)N3CCN(C)CC3)cc3c(c12)[C@H](CCl)CN3C(=O)c1cc2cc([N+](=O)[O-])ccc2o1. The van der Waals surface area contributed by atoms with E-state index >= 15 is 0 Å². The Morgan fingerprint density at radius 1 is 1.16 bits per heavy atom. The molecule has 224 valence electrons. The number of fused-ring (bicyclic) bond motifs is 4. The molecule has 43 heavy (non-hydrogen) atoms. The molecule has 1 fully saturated rings. The number of non-ortho nitro benzene ring substituents is 1. The average molecular weight is 610 g/mol. The van der Waals surface area contributed by atoms with Gasteiger partial charge in [0.2, 0.25) is 0 Å². The summed E-state index contributed by atoms with van der Waals surface area (Å²) in [6.45, 7) is 4.25. The van der Waals surface area contributed by atoms with Crippen LogP contribution in [0.2, 0.25) is 0 Å². The number of hydrogen-bond donors (Lipinski definition) is 1. The Balaban J connectivity index is 1.47. The van der Waals surface area contributed by atoms with Crippen LogP contribution in [0, 0.1) is 17.0 Å². The smallest absolute Gasteiger partial charge is 0.415 e. The molecule has 2 amide bonds. The molecule has 2 aromatic carbocycles. The molecule has 2 aromatic heterocycles. The second-order valence-electron chi connectivity index (χ2n) is 10.7. The van der Waals surface area contributed by atoms with Gasteiger partial charge in [0.15, 0.2) is 11.5 Å². The molecule has 0 unspecified atom stereocenters. The fourth-order valence-electron chi connectivity index (χ4n) is 5.81. The van der Waals surface area contributed by atoms with Gasteiger partial charge in [0.05, 0.1) is 28.8 Å². The van der Waals surface area contributed by atoms with Crippen LogP contribution in [0.15, 0.2) is 34.7 Å². The monoisotopic (exact) mass is 609 g/mol. The van der Waals surface area contributed by atoms with E-state index in [4.69, 9.17) is 25.5 Å². The first kappa shape index (κ1) is 28.5. The zero-order chi connectivity index (χ0) is 30.6. The summed E-state index contributed by atoms with van der Waals surface area (Å²) >= 11 is 6.43. The van der Waals surface area contributed by atoms with Gasteiger partial charge in [0, 0.05) is 79.2 Å². The minimum absolute atomic E-state index is 0.0359. The van der Waals surface area contributed by atoms with Gasteiger partial charge in [-0.15, -0.1) is 11.6 Å². The highest BCUT2D eigenvalue weighted by atomic mass is 35.5. The quantitative estimate of drug-likeness (QED) is 0.147. The Kier molecular flexibility index (Phi) is 7.22. The second kappa shape index (κ2) is 10.9. The number of aromatic amines is 1. The van der Waals surface area contributed by atoms with Crippen molar-refractivity contribution >= 4 is 62.8 Å². The predicted octanol–water partition coefficient (Wildman–Crippen LogP) is 4.65. The van der Waals surface area contributed by atoms with Crippen molar-refractivity contribution in [2.45, 2.75) is 12.8 Å². The largest absolute Gasteiger partial charge is 0.465 e. The van der Waals surface area contributed by atoms with Gasteiger partial charge in [-0.25, -0.2) is 9.59 Å². The number of anilines is 1. The molecule has 0 spiro atoms. The van der Waals surface area contributed by atoms with E-state index in [1.54, 1.807) is 17.9 Å². The minimum atomic E-state index is -0.592. The van der Waals surface area contributed by atoms with E-state index in [0.717, 1.165) is 0 Å². The number of benzene rings is 2. The molecule has 1 N–H and O–H groups in total. The summed E-state index contributed by atoms with van der Waals surface area (Å²) in [7, 11) is 3.25. The van der Waals surface area contributed by atoms with Gasteiger partial charge in [0.1, 0.15) is 5.58 Å². The number of likely N-dealkylation sites (N-methyl/N-ethyl adjacent to an activating group) is 1. The molecule has 14 heteroatoms. The molecule has 4 aromatic rings. The number of aromatic nitrogens is 1. The number of aryl methyl sites for hydroxylation is 1. The van der Waals surface area contributed by atoms with Crippen LogP contribution in [-0.4, -0.2) is 90.4 Å². The first-order valence-electron chi connectivity index (χ1n) is 13.6. The van der Waals surface area contributed by atoms with Crippen LogP contribution in [0.25, 0.3) is 21.9 Å². The highest BCUT2D eigenvalue weighted by Crippen LogP contribution is 2.48. The van der Waals surface area contributed by atoms with E-state index in [1.165, 1.54) is 36.3 Å². The van der Waals surface area contributed by atoms with E-state index in [9.17, 15) is 24.5 Å². The first-order chi connectivity index (χ1) is 20.6. The number of ether oxygens (including phenoxy) is 2. The summed E-state index contributed by atoms with van der Waals surface area (Å²) in [5, 5.41) is 12.1. The minimum Gasteiger partial charge on any atom is -0.465 e. The number of H-pyrrole nitrogens is 1. The fourth-order valence-corrected chi connectivity index (χ4v) is 6.07. The molecule has 4 heterocycles. The summed E-state index contributed by atoms with van der Waals surface area (Å²) in [6, 6.07) is 7.12. The van der Waals surface area contributed by atoms with Crippen LogP contribution in [0.4, 0.5) is 16.2 Å². The third-order valence-electron chi connectivity index (χ3n) is 8.05. The van der Waals surface area contributed by atoms with Gasteiger partial charge in [-0.2, -0.15) is 0 Å². The number of hydrogen-bond acceptors (Lipinski definition) is 9. The molecule has 0 saturated carbocycles. The maximum atomic E-state index is 13.9. The van der Waals surface area contributed by atoms with Crippen molar-refractivity contribution in [1.29, 1.82) is 0 Å². The molecular formula is C29H28ClN5O8. The van der Waals surface area contributed by atoms with Gasteiger partial charge >= 0.3 is 12.1 Å². The van der Waals surface area contributed by atoms with Crippen LogP contribution in [0.3, 0.4) is 0 Å². The Morgan fingerprint density at radius 2 is 1.91 bits per heavy atom. The van der Waals surface area contributed by atoms with Crippen molar-refractivity contribution < 1.29 is 33.2 Å². The zero-order valence-corrected chi connectivity index (χ0v) is 24.4. The number of carbonyl (C=O) groups excluding carboxylic acids is 3. The van der Waals surface area contributed by atoms with Crippen LogP contribution in [-0.2, 0) is 4.74 Å². The molecule has 0 bridgehead atoms. The lowest BCUT2D eigenvalue weighted by Crippen LogP contribution is -2.48. The number of rotatable bonds is 5. The summed E-state index contributed by atoms with van der Waals surface area (Å²) < 4.78 is 16.8. The topological polar surface area (TPSA) is 151 Å². The van der Waals surface area contributed by atoms with E-state index in [1.807, 2.05) is 7.05 Å². The Morgan fingerprint density at radius 3 is 2.58 bits per heavy atom. The van der Waals surface area contributed by atoms with Gasteiger partial charge in [-0.1, -0.05) is 0 Å². The van der Waals surface area contributed by atoms with Gasteiger partial charge < -0.3 is 33.6 Å². The van der Waals surface area contributed by atoms with Crippen molar-refractivity contribution in [2.75, 3.05) is 57.7 Å². The number of nitrogens with one attached hydrogen (secondary N) is 1. The van der Waals surface area contributed by atoms with Crippen LogP contribution < -0.4 is 9.64 Å². The summed E-state index contributed by atoms with van der Waals surface area (Å²) in [4.78, 5) is 59.2. The molecule has 13 nitrogen and oxygen atoms in total. The van der Waals surface area contributed by atoms with Crippen molar-refractivity contribution in [1.82, 2.24) is 14.8 Å². The number of amides is 2. The second-order valence-corrected chi connectivity index (χ2v) is 11.0. The van der Waals surface area contributed by atoms with Crippen molar-refractivity contribution in [3.05, 3.63) is 63.0 Å². The maximum Gasteiger partial charge on any atom is 0.415 e. The highest BCUT2D eigenvalue weighted by molar-refractivity contribution is 6.20. The van der Waals surface area contributed by atoms with Crippen LogP contribution in [0.5, 0.6) is 5.75 Å². The molecule has 6 rings (SSSR count). The zero-order valence-electron chi connectivity index (χ0n) is 23.6. The number of methoxy groups -OCH3 is 1. The molecule has 0 aliphatic carbocycles. The number of furan rings is 1. The molecule has 1 atom stereocenters. The Hall–Kier alpha value is -4.62. The number of piperazine rings is 1. The molecule has 2 aliphatic heterocycles. The van der Waals surface area contributed by atoms with Crippen LogP contribution >= 0.6 is 11.6 Å². The third kappa shape index (κ3) is 4.83. The molecule has 2 aliphatic rings. The Labute approximate surface area is 250 Å². The predicted molar refractivity (Wildman–Crippen MR) is 157 cm³/mol. The number of carbonyl (C=O) groups is 3. The number of esters is 1. The van der Waals surface area contributed by atoms with Crippen LogP contribution in [0.1, 0.15) is 38.1 Å². The standard InChI is InChI=1S/C29H28ClN5O8/c1-15-23(28(37)41-3)25-24-17(13-30)14-34(27(36)22-11-16-10-18(35(39)40)4-5-20(16)42-22)19(24)12-21(26(25)31-15)43-29(38)33-8-6-32(2)7-9-33/h4-5,10-12,17,31H,6-9,13-14H2,1-3H3/t17-/m1/s1. The van der Waals surface area contributed by atoms with E-state index in [2.05, 4.69) is 9.88 Å². The lowest BCUT2D eigenvalue weighted by Gasteiger charge is -2.31. The van der Waals surface area contributed by atoms with Crippen molar-refractivity contribution in [2.24, 2.45) is 0 Å². The first-order valence-corrected chi connectivity index (χ1v) is 14.1. The van der Waals surface area contributed by atoms with E-state index in [-0.39, 0.29) is 41.1 Å². The number of alkyl halides is 1. The van der Waals surface area contributed by atoms with E-state index < -0.39 is 22.9 Å². The number of nitro benzene ring substituents is 1. The number of halogens is 1. The number of nitrogens with zero attached hydrogens (tertiary/aromatic N) is 4.